The van der Waals surface area contributed by atoms with Crippen molar-refractivity contribution < 1.29 is 4.74 Å². The Hall–Kier alpha value is -1.00. The van der Waals surface area contributed by atoms with E-state index in [0.29, 0.717) is 12.5 Å². The van der Waals surface area contributed by atoms with E-state index in [1.807, 2.05) is 12.4 Å². The average Bonchev–Trinajstić information content (AvgIpc) is 2.20. The van der Waals surface area contributed by atoms with Crippen LogP contribution in [0.3, 0.4) is 0 Å². The maximum Gasteiger partial charge on any atom is 0.153 e. The van der Waals surface area contributed by atoms with Gasteiger partial charge in [-0.3, -0.25) is 0 Å². The zero-order chi connectivity index (χ0) is 11.1. The molecule has 84 valence electrons. The smallest absolute Gasteiger partial charge is 0.153 e. The van der Waals surface area contributed by atoms with Gasteiger partial charge in [0.1, 0.15) is 6.61 Å². The highest BCUT2D eigenvalue weighted by atomic mass is 16.5. The highest BCUT2D eigenvalue weighted by molar-refractivity contribution is 5.04. The van der Waals surface area contributed by atoms with Gasteiger partial charge in [0.15, 0.2) is 5.82 Å². The van der Waals surface area contributed by atoms with E-state index in [1.165, 1.54) is 0 Å². The van der Waals surface area contributed by atoms with E-state index in [1.54, 1.807) is 7.11 Å². The van der Waals surface area contributed by atoms with Gasteiger partial charge in [0.25, 0.3) is 0 Å². The van der Waals surface area contributed by atoms with Gasteiger partial charge < -0.3 is 10.1 Å². The first-order valence-electron chi connectivity index (χ1n) is 5.22. The Morgan fingerprint density at radius 1 is 1.33 bits per heavy atom. The summed E-state index contributed by atoms with van der Waals surface area (Å²) in [6.07, 6.45) is 3.68. The molecule has 0 aliphatic rings. The van der Waals surface area contributed by atoms with Crippen molar-refractivity contribution >= 4 is 0 Å². The topological polar surface area (TPSA) is 47.0 Å². The molecule has 0 fully saturated rings. The Kier molecular flexibility index (Phi) is 5.21. The summed E-state index contributed by atoms with van der Waals surface area (Å²) in [6.45, 7) is 6.68. The zero-order valence-electron chi connectivity index (χ0n) is 9.66. The van der Waals surface area contributed by atoms with Crippen molar-refractivity contribution in [3.8, 4) is 0 Å². The summed E-state index contributed by atoms with van der Waals surface area (Å²) in [5.41, 5.74) is 1.11. The van der Waals surface area contributed by atoms with E-state index in [-0.39, 0.29) is 0 Å². The average molecular weight is 209 g/mol. The van der Waals surface area contributed by atoms with Gasteiger partial charge in [-0.05, 0) is 12.5 Å². The fourth-order valence-electron chi connectivity index (χ4n) is 1.18. The van der Waals surface area contributed by atoms with Crippen molar-refractivity contribution in [1.82, 2.24) is 15.3 Å². The standard InChI is InChI=1S/C11H19N3O/c1-9(2)4-12-5-10-6-13-11(8-15-3)14-7-10/h6-7,9,12H,4-5,8H2,1-3H3. The summed E-state index contributed by atoms with van der Waals surface area (Å²) in [7, 11) is 1.64. The summed E-state index contributed by atoms with van der Waals surface area (Å²) in [6, 6.07) is 0. The molecule has 15 heavy (non-hydrogen) atoms. The predicted octanol–water partition coefficient (Wildman–Crippen LogP) is 1.37. The number of aromatic nitrogens is 2. The number of nitrogens with zero attached hydrogens (tertiary/aromatic N) is 2. The van der Waals surface area contributed by atoms with E-state index < -0.39 is 0 Å². The lowest BCUT2D eigenvalue weighted by Crippen LogP contribution is -2.19. The summed E-state index contributed by atoms with van der Waals surface area (Å²) in [5.74, 6) is 1.39. The second kappa shape index (κ2) is 6.48. The molecule has 0 saturated carbocycles. The third kappa shape index (κ3) is 4.85. The molecule has 0 amide bonds. The van der Waals surface area contributed by atoms with Crippen molar-refractivity contribution in [3.63, 3.8) is 0 Å². The van der Waals surface area contributed by atoms with Gasteiger partial charge in [-0.25, -0.2) is 9.97 Å². The Bertz CT molecular complexity index is 272. The lowest BCUT2D eigenvalue weighted by molar-refractivity contribution is 0.177. The summed E-state index contributed by atoms with van der Waals surface area (Å²) < 4.78 is 4.94. The summed E-state index contributed by atoms with van der Waals surface area (Å²) >= 11 is 0. The van der Waals surface area contributed by atoms with Gasteiger partial charge in [-0.1, -0.05) is 13.8 Å². The molecule has 0 aliphatic heterocycles. The van der Waals surface area contributed by atoms with Crippen LogP contribution in [0.15, 0.2) is 12.4 Å². The lowest BCUT2D eigenvalue weighted by Gasteiger charge is -2.07. The maximum absolute atomic E-state index is 4.94. The first kappa shape index (κ1) is 12.1. The highest BCUT2D eigenvalue weighted by Crippen LogP contribution is 1.97. The first-order valence-corrected chi connectivity index (χ1v) is 5.22. The Morgan fingerprint density at radius 2 is 2.00 bits per heavy atom. The second-order valence-electron chi connectivity index (χ2n) is 3.97. The van der Waals surface area contributed by atoms with Gasteiger partial charge in [-0.2, -0.15) is 0 Å². The molecule has 0 saturated heterocycles. The first-order chi connectivity index (χ1) is 7.22. The minimum absolute atomic E-state index is 0.472. The van der Waals surface area contributed by atoms with Gasteiger partial charge in [0.2, 0.25) is 0 Å². The van der Waals surface area contributed by atoms with Gasteiger partial charge >= 0.3 is 0 Å². The van der Waals surface area contributed by atoms with Gasteiger partial charge in [0.05, 0.1) is 0 Å². The van der Waals surface area contributed by atoms with Gasteiger partial charge in [0, 0.05) is 31.6 Å². The third-order valence-corrected chi connectivity index (χ3v) is 1.91. The number of ether oxygens (including phenoxy) is 1. The number of hydrogen-bond donors (Lipinski definition) is 1. The SMILES string of the molecule is COCc1ncc(CNCC(C)C)cn1. The molecule has 0 unspecified atom stereocenters. The van der Waals surface area contributed by atoms with Crippen molar-refractivity contribution in [2.45, 2.75) is 27.0 Å². The van der Waals surface area contributed by atoms with Crippen LogP contribution in [0.1, 0.15) is 25.2 Å². The Labute approximate surface area is 91.1 Å². The normalized spacial score (nSPS) is 10.9. The molecule has 1 heterocycles. The fourth-order valence-corrected chi connectivity index (χ4v) is 1.18. The van der Waals surface area contributed by atoms with Crippen LogP contribution >= 0.6 is 0 Å². The second-order valence-corrected chi connectivity index (χ2v) is 3.97. The maximum atomic E-state index is 4.94. The molecule has 4 heteroatoms. The van der Waals surface area contributed by atoms with Crippen LogP contribution in [-0.4, -0.2) is 23.6 Å². The van der Waals surface area contributed by atoms with Crippen LogP contribution in [0.5, 0.6) is 0 Å². The highest BCUT2D eigenvalue weighted by Gasteiger charge is 1.98. The van der Waals surface area contributed by atoms with Crippen LogP contribution in [0, 0.1) is 5.92 Å². The van der Waals surface area contributed by atoms with E-state index in [4.69, 9.17) is 4.74 Å². The van der Waals surface area contributed by atoms with E-state index >= 15 is 0 Å². The third-order valence-electron chi connectivity index (χ3n) is 1.91. The minimum atomic E-state index is 0.472. The molecule has 0 spiro atoms. The molecular formula is C11H19N3O. The fraction of sp³-hybridized carbons (Fsp3) is 0.636. The number of methoxy groups -OCH3 is 1. The van der Waals surface area contributed by atoms with Crippen molar-refractivity contribution in [3.05, 3.63) is 23.8 Å². The lowest BCUT2D eigenvalue weighted by atomic mass is 10.2. The molecule has 0 aromatic carbocycles. The van der Waals surface area contributed by atoms with Crippen molar-refractivity contribution in [1.29, 1.82) is 0 Å². The van der Waals surface area contributed by atoms with Crippen LogP contribution in [-0.2, 0) is 17.9 Å². The molecule has 0 atom stereocenters. The van der Waals surface area contributed by atoms with E-state index in [2.05, 4.69) is 29.1 Å². The minimum Gasteiger partial charge on any atom is -0.377 e. The van der Waals surface area contributed by atoms with Crippen LogP contribution in [0.4, 0.5) is 0 Å². The zero-order valence-corrected chi connectivity index (χ0v) is 9.66. The van der Waals surface area contributed by atoms with Crippen molar-refractivity contribution in [2.75, 3.05) is 13.7 Å². The molecule has 4 nitrogen and oxygen atoms in total. The van der Waals surface area contributed by atoms with Crippen LogP contribution < -0.4 is 5.32 Å². The predicted molar refractivity (Wildman–Crippen MR) is 59.3 cm³/mol. The molecular weight excluding hydrogens is 190 g/mol. The van der Waals surface area contributed by atoms with Crippen molar-refractivity contribution in [2.24, 2.45) is 5.92 Å². The largest absolute Gasteiger partial charge is 0.377 e. The molecule has 1 N–H and O–H groups in total. The molecule has 1 aromatic heterocycles. The number of rotatable bonds is 6. The van der Waals surface area contributed by atoms with Crippen LogP contribution in [0.25, 0.3) is 0 Å². The number of hydrogen-bond acceptors (Lipinski definition) is 4. The molecule has 0 aliphatic carbocycles. The summed E-state index contributed by atoms with van der Waals surface area (Å²) in [5, 5.41) is 3.34. The molecule has 0 radical (unpaired) electrons. The monoisotopic (exact) mass is 209 g/mol. The molecule has 1 rings (SSSR count). The Balaban J connectivity index is 2.36. The molecule has 1 aromatic rings. The van der Waals surface area contributed by atoms with E-state index in [0.717, 1.165) is 24.5 Å². The van der Waals surface area contributed by atoms with Gasteiger partial charge in [-0.15, -0.1) is 0 Å². The quantitative estimate of drug-likeness (QED) is 0.768. The number of nitrogens with one attached hydrogen (secondary N) is 1. The van der Waals surface area contributed by atoms with E-state index in [9.17, 15) is 0 Å². The Morgan fingerprint density at radius 3 is 2.53 bits per heavy atom. The molecule has 0 bridgehead atoms. The van der Waals surface area contributed by atoms with Crippen LogP contribution in [0.2, 0.25) is 0 Å². The summed E-state index contributed by atoms with van der Waals surface area (Å²) in [4.78, 5) is 8.38.